The molecule has 0 aliphatic rings. The van der Waals surface area contributed by atoms with Crippen LogP contribution in [0.5, 0.6) is 0 Å². The van der Waals surface area contributed by atoms with Gasteiger partial charge in [-0.05, 0) is 37.3 Å². The number of thiazole rings is 1. The summed E-state index contributed by atoms with van der Waals surface area (Å²) in [7, 11) is 0. The van der Waals surface area contributed by atoms with Gasteiger partial charge in [-0.15, -0.1) is 16.4 Å². The van der Waals surface area contributed by atoms with Gasteiger partial charge in [0.05, 0.1) is 27.0 Å². The van der Waals surface area contributed by atoms with E-state index in [-0.39, 0.29) is 0 Å². The molecule has 5 aromatic rings. The second-order valence-corrected chi connectivity index (χ2v) is 7.40. The predicted molar refractivity (Wildman–Crippen MR) is 105 cm³/mol. The van der Waals surface area contributed by atoms with E-state index in [9.17, 15) is 0 Å². The van der Waals surface area contributed by atoms with Crippen LogP contribution in [0.25, 0.3) is 37.5 Å². The smallest absolute Gasteiger partial charge is 0.145 e. The Bertz CT molecular complexity index is 1240. The van der Waals surface area contributed by atoms with Gasteiger partial charge in [-0.3, -0.25) is 0 Å². The first-order chi connectivity index (χ1) is 12.7. The molecule has 7 heteroatoms. The van der Waals surface area contributed by atoms with Crippen molar-refractivity contribution in [3.05, 3.63) is 65.4 Å². The number of rotatable bonds is 2. The van der Waals surface area contributed by atoms with Crippen LogP contribution >= 0.6 is 22.9 Å². The molecule has 3 heterocycles. The van der Waals surface area contributed by atoms with Crippen molar-refractivity contribution in [2.45, 2.75) is 6.92 Å². The molecule has 0 spiro atoms. The molecular weight excluding hydrogens is 366 g/mol. The average molecular weight is 378 g/mol. The predicted octanol–water partition coefficient (Wildman–Crippen LogP) is 5.05. The standard InChI is InChI=1S/C19H12ClN5S/c1-11-17-14(10-25(24-17)13-6-4-5-12(20)9-13)18(23-22-11)19-21-15-7-2-3-8-16(15)26-19/h2-10H,1H3. The molecule has 0 aliphatic carbocycles. The van der Waals surface area contributed by atoms with Gasteiger partial charge in [0, 0.05) is 11.2 Å². The molecular formula is C19H12ClN5S. The Morgan fingerprint density at radius 2 is 1.92 bits per heavy atom. The highest BCUT2D eigenvalue weighted by Gasteiger charge is 2.17. The zero-order valence-corrected chi connectivity index (χ0v) is 15.3. The fourth-order valence-corrected chi connectivity index (χ4v) is 4.07. The molecule has 0 atom stereocenters. The SMILES string of the molecule is Cc1nnc(-c2nc3ccccc3s2)c2cn(-c3cccc(Cl)c3)nc12. The van der Waals surface area contributed by atoms with Gasteiger partial charge in [-0.2, -0.15) is 10.2 Å². The van der Waals surface area contributed by atoms with E-state index in [4.69, 9.17) is 21.7 Å². The van der Waals surface area contributed by atoms with Crippen molar-refractivity contribution in [2.75, 3.05) is 0 Å². The minimum Gasteiger partial charge on any atom is -0.240 e. The third-order valence-electron chi connectivity index (χ3n) is 4.18. The van der Waals surface area contributed by atoms with Gasteiger partial charge in [0.25, 0.3) is 0 Å². The lowest BCUT2D eigenvalue weighted by Gasteiger charge is -2.00. The lowest BCUT2D eigenvalue weighted by atomic mass is 10.2. The summed E-state index contributed by atoms with van der Waals surface area (Å²) in [4.78, 5) is 4.72. The molecule has 2 aromatic carbocycles. The van der Waals surface area contributed by atoms with Gasteiger partial charge in [0.15, 0.2) is 0 Å². The number of benzene rings is 2. The van der Waals surface area contributed by atoms with Gasteiger partial charge in [-0.25, -0.2) is 9.67 Å². The zero-order valence-electron chi connectivity index (χ0n) is 13.7. The molecule has 5 nitrogen and oxygen atoms in total. The van der Waals surface area contributed by atoms with Crippen LogP contribution in [0.1, 0.15) is 5.69 Å². The number of aryl methyl sites for hydroxylation is 1. The normalized spacial score (nSPS) is 11.5. The van der Waals surface area contributed by atoms with Crippen LogP contribution in [0.4, 0.5) is 0 Å². The largest absolute Gasteiger partial charge is 0.240 e. The Morgan fingerprint density at radius 3 is 2.77 bits per heavy atom. The third-order valence-corrected chi connectivity index (χ3v) is 5.46. The molecule has 0 N–H and O–H groups in total. The Hall–Kier alpha value is -2.83. The Morgan fingerprint density at radius 1 is 1.04 bits per heavy atom. The molecule has 0 fully saturated rings. The van der Waals surface area contributed by atoms with Gasteiger partial charge < -0.3 is 0 Å². The fraction of sp³-hybridized carbons (Fsp3) is 0.0526. The summed E-state index contributed by atoms with van der Waals surface area (Å²) in [5, 5.41) is 15.8. The Balaban J connectivity index is 1.74. The first-order valence-corrected chi connectivity index (χ1v) is 9.23. The zero-order chi connectivity index (χ0) is 17.7. The number of nitrogens with zero attached hydrogens (tertiary/aromatic N) is 5. The van der Waals surface area contributed by atoms with Crippen molar-refractivity contribution in [3.63, 3.8) is 0 Å². The second kappa shape index (κ2) is 5.86. The summed E-state index contributed by atoms with van der Waals surface area (Å²) in [6, 6.07) is 15.6. The van der Waals surface area contributed by atoms with Crippen LogP contribution in [0.3, 0.4) is 0 Å². The van der Waals surface area contributed by atoms with Crippen molar-refractivity contribution in [3.8, 4) is 16.4 Å². The lowest BCUT2D eigenvalue weighted by Crippen LogP contribution is -1.94. The first-order valence-electron chi connectivity index (χ1n) is 8.03. The molecule has 0 unspecified atom stereocenters. The molecule has 0 aliphatic heterocycles. The van der Waals surface area contributed by atoms with E-state index < -0.39 is 0 Å². The number of hydrogen-bond acceptors (Lipinski definition) is 5. The van der Waals surface area contributed by atoms with Crippen LogP contribution in [-0.2, 0) is 0 Å². The van der Waals surface area contributed by atoms with E-state index in [0.29, 0.717) is 5.02 Å². The van der Waals surface area contributed by atoms with Crippen molar-refractivity contribution >= 4 is 44.1 Å². The monoisotopic (exact) mass is 377 g/mol. The minimum atomic E-state index is 0.668. The van der Waals surface area contributed by atoms with Crippen LogP contribution in [-0.4, -0.2) is 25.0 Å². The van der Waals surface area contributed by atoms with E-state index >= 15 is 0 Å². The second-order valence-electron chi connectivity index (χ2n) is 5.94. The molecule has 3 aromatic heterocycles. The highest BCUT2D eigenvalue weighted by Crippen LogP contribution is 2.33. The maximum Gasteiger partial charge on any atom is 0.145 e. The lowest BCUT2D eigenvalue weighted by molar-refractivity contribution is 0.891. The first kappa shape index (κ1) is 15.4. The molecule has 5 rings (SSSR count). The van der Waals surface area contributed by atoms with Crippen LogP contribution in [0, 0.1) is 6.92 Å². The highest BCUT2D eigenvalue weighted by atomic mass is 35.5. The van der Waals surface area contributed by atoms with E-state index in [0.717, 1.165) is 43.2 Å². The molecule has 0 bridgehead atoms. The summed E-state index contributed by atoms with van der Waals surface area (Å²) < 4.78 is 2.93. The van der Waals surface area contributed by atoms with Gasteiger partial charge >= 0.3 is 0 Å². The van der Waals surface area contributed by atoms with Crippen LogP contribution in [0.2, 0.25) is 5.02 Å². The van der Waals surface area contributed by atoms with Crippen molar-refractivity contribution in [1.82, 2.24) is 25.0 Å². The highest BCUT2D eigenvalue weighted by molar-refractivity contribution is 7.21. The van der Waals surface area contributed by atoms with E-state index in [1.165, 1.54) is 0 Å². The fourth-order valence-electron chi connectivity index (χ4n) is 2.92. The van der Waals surface area contributed by atoms with Gasteiger partial charge in [0.1, 0.15) is 16.2 Å². The maximum atomic E-state index is 6.12. The van der Waals surface area contributed by atoms with E-state index in [1.54, 1.807) is 11.3 Å². The topological polar surface area (TPSA) is 56.5 Å². The number of hydrogen-bond donors (Lipinski definition) is 0. The van der Waals surface area contributed by atoms with Crippen LogP contribution < -0.4 is 0 Å². The summed E-state index contributed by atoms with van der Waals surface area (Å²) in [6.07, 6.45) is 1.96. The van der Waals surface area contributed by atoms with E-state index in [1.807, 2.05) is 60.3 Å². The quantitative estimate of drug-likeness (QED) is 0.431. The molecule has 0 radical (unpaired) electrons. The molecule has 0 amide bonds. The number of aromatic nitrogens is 5. The molecule has 0 saturated carbocycles. The van der Waals surface area contributed by atoms with E-state index in [2.05, 4.69) is 16.3 Å². The summed E-state index contributed by atoms with van der Waals surface area (Å²) in [5.74, 6) is 0. The van der Waals surface area contributed by atoms with Crippen molar-refractivity contribution in [2.24, 2.45) is 0 Å². The average Bonchev–Trinajstić information content (AvgIpc) is 3.27. The van der Waals surface area contributed by atoms with Crippen LogP contribution in [0.15, 0.2) is 54.7 Å². The summed E-state index contributed by atoms with van der Waals surface area (Å²) in [6.45, 7) is 1.91. The molecule has 0 saturated heterocycles. The number of fused-ring (bicyclic) bond motifs is 2. The number of para-hydroxylation sites is 1. The Labute approximate surface area is 157 Å². The minimum absolute atomic E-state index is 0.668. The van der Waals surface area contributed by atoms with Gasteiger partial charge in [0.2, 0.25) is 0 Å². The summed E-state index contributed by atoms with van der Waals surface area (Å²) >= 11 is 7.73. The Kier molecular flexibility index (Phi) is 3.48. The summed E-state index contributed by atoms with van der Waals surface area (Å²) in [5.41, 5.74) is 4.20. The van der Waals surface area contributed by atoms with Crippen molar-refractivity contribution < 1.29 is 0 Å². The third kappa shape index (κ3) is 2.46. The van der Waals surface area contributed by atoms with Gasteiger partial charge in [-0.1, -0.05) is 29.8 Å². The van der Waals surface area contributed by atoms with Crippen molar-refractivity contribution in [1.29, 1.82) is 0 Å². The molecule has 126 valence electrons. The maximum absolute atomic E-state index is 6.12. The molecule has 26 heavy (non-hydrogen) atoms. The number of halogens is 1.